The van der Waals surface area contributed by atoms with Gasteiger partial charge in [0.1, 0.15) is 0 Å². The summed E-state index contributed by atoms with van der Waals surface area (Å²) in [5.41, 5.74) is 6.19. The minimum Gasteiger partial charge on any atom is -0.375 e. The van der Waals surface area contributed by atoms with E-state index >= 15 is 0 Å². The van der Waals surface area contributed by atoms with Gasteiger partial charge < -0.3 is 10.5 Å². The average molecular weight is 242 g/mol. The van der Waals surface area contributed by atoms with Crippen LogP contribution in [0.15, 0.2) is 0 Å². The van der Waals surface area contributed by atoms with Gasteiger partial charge in [0.15, 0.2) is 0 Å². The fourth-order valence-corrected chi connectivity index (χ4v) is 3.29. The van der Waals surface area contributed by atoms with Crippen molar-refractivity contribution in [3.63, 3.8) is 0 Å². The van der Waals surface area contributed by atoms with Crippen LogP contribution in [0.25, 0.3) is 0 Å². The SMILES string of the molecule is CCC(CC)N(C)C1(CN)CCOC(C)(C)C1. The van der Waals surface area contributed by atoms with Crippen molar-refractivity contribution in [1.82, 2.24) is 4.90 Å². The number of rotatable bonds is 5. The van der Waals surface area contributed by atoms with Crippen molar-refractivity contribution in [3.05, 3.63) is 0 Å². The molecular formula is C14H30N2O. The Labute approximate surface area is 107 Å². The van der Waals surface area contributed by atoms with E-state index in [0.29, 0.717) is 6.04 Å². The van der Waals surface area contributed by atoms with E-state index in [0.717, 1.165) is 26.0 Å². The van der Waals surface area contributed by atoms with E-state index in [4.69, 9.17) is 10.5 Å². The highest BCUT2D eigenvalue weighted by Gasteiger charge is 2.44. The number of nitrogens with zero attached hydrogens (tertiary/aromatic N) is 1. The van der Waals surface area contributed by atoms with Crippen LogP contribution in [0.5, 0.6) is 0 Å². The predicted octanol–water partition coefficient (Wildman–Crippen LogP) is 2.39. The molecule has 3 nitrogen and oxygen atoms in total. The number of hydrogen-bond donors (Lipinski definition) is 1. The highest BCUT2D eigenvalue weighted by atomic mass is 16.5. The Balaban J connectivity index is 2.87. The molecule has 1 atom stereocenters. The number of likely N-dealkylation sites (N-methyl/N-ethyl adjacent to an activating group) is 1. The van der Waals surface area contributed by atoms with E-state index in [-0.39, 0.29) is 11.1 Å². The van der Waals surface area contributed by atoms with Gasteiger partial charge in [-0.25, -0.2) is 0 Å². The zero-order valence-electron chi connectivity index (χ0n) is 12.3. The van der Waals surface area contributed by atoms with Crippen LogP contribution in [0.3, 0.4) is 0 Å². The van der Waals surface area contributed by atoms with E-state index in [1.807, 2.05) is 0 Å². The molecule has 102 valence electrons. The topological polar surface area (TPSA) is 38.5 Å². The molecule has 0 spiro atoms. The molecule has 0 aromatic rings. The molecule has 0 radical (unpaired) electrons. The first kappa shape index (κ1) is 14.9. The van der Waals surface area contributed by atoms with Gasteiger partial charge in [-0.2, -0.15) is 0 Å². The van der Waals surface area contributed by atoms with Crippen LogP contribution in [0.1, 0.15) is 53.4 Å². The van der Waals surface area contributed by atoms with Gasteiger partial charge in [0.2, 0.25) is 0 Å². The van der Waals surface area contributed by atoms with Crippen molar-refractivity contribution in [3.8, 4) is 0 Å². The maximum Gasteiger partial charge on any atom is 0.0644 e. The van der Waals surface area contributed by atoms with Crippen LogP contribution in [0.2, 0.25) is 0 Å². The molecule has 3 heteroatoms. The highest BCUT2D eigenvalue weighted by Crippen LogP contribution is 2.36. The summed E-state index contributed by atoms with van der Waals surface area (Å²) < 4.78 is 5.84. The number of nitrogens with two attached hydrogens (primary N) is 1. The quantitative estimate of drug-likeness (QED) is 0.804. The summed E-state index contributed by atoms with van der Waals surface area (Å²) in [6.07, 6.45) is 4.47. The molecule has 1 rings (SSSR count). The van der Waals surface area contributed by atoms with Crippen molar-refractivity contribution < 1.29 is 4.74 Å². The van der Waals surface area contributed by atoms with Gasteiger partial charge in [-0.3, -0.25) is 4.90 Å². The van der Waals surface area contributed by atoms with Crippen LogP contribution in [-0.4, -0.2) is 42.3 Å². The molecule has 1 aliphatic rings. The first-order chi connectivity index (χ1) is 7.90. The second-order valence-corrected chi connectivity index (χ2v) is 6.04. The van der Waals surface area contributed by atoms with Crippen molar-refractivity contribution in [2.75, 3.05) is 20.2 Å². The normalized spacial score (nSPS) is 28.9. The molecule has 0 aromatic heterocycles. The van der Waals surface area contributed by atoms with E-state index < -0.39 is 0 Å². The summed E-state index contributed by atoms with van der Waals surface area (Å²) in [5, 5.41) is 0. The van der Waals surface area contributed by atoms with Gasteiger partial charge in [-0.05, 0) is 46.6 Å². The van der Waals surface area contributed by atoms with Gasteiger partial charge in [0, 0.05) is 24.7 Å². The molecule has 0 aliphatic carbocycles. The Morgan fingerprint density at radius 1 is 1.29 bits per heavy atom. The summed E-state index contributed by atoms with van der Waals surface area (Å²) in [6, 6.07) is 0.632. The summed E-state index contributed by atoms with van der Waals surface area (Å²) in [6.45, 7) is 10.4. The van der Waals surface area contributed by atoms with E-state index in [1.165, 1.54) is 12.8 Å². The maximum atomic E-state index is 6.11. The molecule has 17 heavy (non-hydrogen) atoms. The molecule has 1 aliphatic heterocycles. The van der Waals surface area contributed by atoms with Crippen molar-refractivity contribution in [1.29, 1.82) is 0 Å². The Kier molecular flexibility index (Phi) is 4.99. The summed E-state index contributed by atoms with van der Waals surface area (Å²) in [5.74, 6) is 0. The van der Waals surface area contributed by atoms with Gasteiger partial charge in [0.25, 0.3) is 0 Å². The van der Waals surface area contributed by atoms with E-state index in [9.17, 15) is 0 Å². The number of ether oxygens (including phenoxy) is 1. The lowest BCUT2D eigenvalue weighted by molar-refractivity contribution is -0.121. The van der Waals surface area contributed by atoms with Crippen LogP contribution < -0.4 is 5.73 Å². The van der Waals surface area contributed by atoms with Gasteiger partial charge in [0.05, 0.1) is 5.60 Å². The average Bonchev–Trinajstić information content (AvgIpc) is 2.29. The van der Waals surface area contributed by atoms with Gasteiger partial charge >= 0.3 is 0 Å². The Hall–Kier alpha value is -0.120. The third-order valence-electron chi connectivity index (χ3n) is 4.43. The fourth-order valence-electron chi connectivity index (χ4n) is 3.29. The maximum absolute atomic E-state index is 6.11. The molecule has 1 saturated heterocycles. The minimum absolute atomic E-state index is 0.0437. The molecule has 0 amide bonds. The molecule has 1 heterocycles. The van der Waals surface area contributed by atoms with Crippen molar-refractivity contribution in [2.24, 2.45) is 5.73 Å². The first-order valence-corrected chi connectivity index (χ1v) is 6.97. The Morgan fingerprint density at radius 3 is 2.29 bits per heavy atom. The third-order valence-corrected chi connectivity index (χ3v) is 4.43. The lowest BCUT2D eigenvalue weighted by atomic mass is 9.79. The second-order valence-electron chi connectivity index (χ2n) is 6.04. The highest BCUT2D eigenvalue weighted by molar-refractivity contribution is 5.00. The molecule has 0 aromatic carbocycles. The summed E-state index contributed by atoms with van der Waals surface area (Å²) in [4.78, 5) is 2.53. The smallest absolute Gasteiger partial charge is 0.0644 e. The van der Waals surface area contributed by atoms with Gasteiger partial charge in [-0.1, -0.05) is 13.8 Å². The molecule has 0 bridgehead atoms. The summed E-state index contributed by atoms with van der Waals surface area (Å²) >= 11 is 0. The largest absolute Gasteiger partial charge is 0.375 e. The fraction of sp³-hybridized carbons (Fsp3) is 1.00. The lowest BCUT2D eigenvalue weighted by Crippen LogP contribution is -2.61. The third kappa shape index (κ3) is 3.21. The van der Waals surface area contributed by atoms with E-state index in [1.54, 1.807) is 0 Å². The molecule has 2 N–H and O–H groups in total. The van der Waals surface area contributed by atoms with Crippen LogP contribution in [0.4, 0.5) is 0 Å². The summed E-state index contributed by atoms with van der Waals surface area (Å²) in [7, 11) is 2.24. The van der Waals surface area contributed by atoms with Crippen LogP contribution in [0, 0.1) is 0 Å². The Morgan fingerprint density at radius 2 is 1.88 bits per heavy atom. The molecule has 1 unspecified atom stereocenters. The first-order valence-electron chi connectivity index (χ1n) is 6.97. The monoisotopic (exact) mass is 242 g/mol. The molecule has 0 saturated carbocycles. The van der Waals surface area contributed by atoms with Crippen molar-refractivity contribution in [2.45, 2.75) is 70.6 Å². The minimum atomic E-state index is -0.0437. The van der Waals surface area contributed by atoms with Crippen LogP contribution >= 0.6 is 0 Å². The molecular weight excluding hydrogens is 212 g/mol. The van der Waals surface area contributed by atoms with E-state index in [2.05, 4.69) is 39.6 Å². The lowest BCUT2D eigenvalue weighted by Gasteiger charge is -2.51. The number of hydrogen-bond acceptors (Lipinski definition) is 3. The van der Waals surface area contributed by atoms with Crippen LogP contribution in [-0.2, 0) is 4.74 Å². The zero-order chi connectivity index (χ0) is 13.1. The van der Waals surface area contributed by atoms with Gasteiger partial charge in [-0.15, -0.1) is 0 Å². The zero-order valence-corrected chi connectivity index (χ0v) is 12.3. The molecule has 1 fully saturated rings. The van der Waals surface area contributed by atoms with Crippen molar-refractivity contribution >= 4 is 0 Å². The second kappa shape index (κ2) is 5.68. The Bertz CT molecular complexity index is 238. The predicted molar refractivity (Wildman–Crippen MR) is 73.2 cm³/mol. The standard InChI is InChI=1S/C14H30N2O/c1-6-12(7-2)16(5)14(11-15)8-9-17-13(3,4)10-14/h12H,6-11,15H2,1-5H3.